The van der Waals surface area contributed by atoms with E-state index in [1.54, 1.807) is 0 Å². The second-order valence-electron chi connectivity index (χ2n) is 5.83. The Hall–Kier alpha value is -0.570. The summed E-state index contributed by atoms with van der Waals surface area (Å²) in [5.41, 5.74) is 0. The molecule has 98 valence electrons. The topological polar surface area (TPSA) is 29.5 Å². The van der Waals surface area contributed by atoms with Crippen molar-refractivity contribution in [3.05, 3.63) is 0 Å². The van der Waals surface area contributed by atoms with Crippen LogP contribution in [0.15, 0.2) is 0 Å². The quantitative estimate of drug-likeness (QED) is 0.737. The summed E-state index contributed by atoms with van der Waals surface area (Å²) < 4.78 is 5.33. The van der Waals surface area contributed by atoms with Crippen molar-refractivity contribution in [3.8, 4) is 0 Å². The number of carbonyl (C=O) groups excluding carboxylic acids is 1. The van der Waals surface area contributed by atoms with Crippen LogP contribution in [0.5, 0.6) is 0 Å². The van der Waals surface area contributed by atoms with Crippen molar-refractivity contribution >= 4 is 5.91 Å². The van der Waals surface area contributed by atoms with Crippen LogP contribution in [0.3, 0.4) is 0 Å². The van der Waals surface area contributed by atoms with Gasteiger partial charge in [-0.2, -0.15) is 0 Å². The zero-order chi connectivity index (χ0) is 12.3. The zero-order valence-corrected chi connectivity index (χ0v) is 11.2. The van der Waals surface area contributed by atoms with Gasteiger partial charge in [0.05, 0.1) is 0 Å². The standard InChI is InChI=1S/C14H25NO2/c1-11(2)5-8-15(13-3-4-13)14(16)12-6-9-17-10-7-12/h11-13H,3-10H2,1-2H3. The van der Waals surface area contributed by atoms with Gasteiger partial charge in [-0.15, -0.1) is 0 Å². The molecule has 0 aromatic carbocycles. The first kappa shape index (κ1) is 12.9. The molecule has 1 aliphatic heterocycles. The van der Waals surface area contributed by atoms with Crippen molar-refractivity contribution in [1.29, 1.82) is 0 Å². The first-order valence-electron chi connectivity index (χ1n) is 7.06. The van der Waals surface area contributed by atoms with Gasteiger partial charge < -0.3 is 9.64 Å². The molecule has 1 heterocycles. The first-order valence-corrected chi connectivity index (χ1v) is 7.06. The fraction of sp³-hybridized carbons (Fsp3) is 0.929. The molecule has 0 aromatic heterocycles. The van der Waals surface area contributed by atoms with E-state index in [1.165, 1.54) is 12.8 Å². The molecule has 3 nitrogen and oxygen atoms in total. The minimum Gasteiger partial charge on any atom is -0.381 e. The van der Waals surface area contributed by atoms with Crippen LogP contribution < -0.4 is 0 Å². The maximum absolute atomic E-state index is 12.5. The third kappa shape index (κ3) is 3.70. The van der Waals surface area contributed by atoms with E-state index in [0.29, 0.717) is 17.9 Å². The third-order valence-corrected chi connectivity index (χ3v) is 3.79. The van der Waals surface area contributed by atoms with Crippen LogP contribution in [0.4, 0.5) is 0 Å². The number of rotatable bonds is 5. The van der Waals surface area contributed by atoms with Crippen molar-refractivity contribution in [3.63, 3.8) is 0 Å². The second kappa shape index (κ2) is 5.85. The molecule has 2 aliphatic rings. The Bertz CT molecular complexity index is 255. The number of hydrogen-bond acceptors (Lipinski definition) is 2. The molecule has 17 heavy (non-hydrogen) atoms. The Labute approximate surface area is 105 Å². The normalized spacial score (nSPS) is 21.8. The molecule has 2 rings (SSSR count). The van der Waals surface area contributed by atoms with E-state index in [-0.39, 0.29) is 5.92 Å². The van der Waals surface area contributed by atoms with Crippen LogP contribution >= 0.6 is 0 Å². The average Bonchev–Trinajstić information content (AvgIpc) is 3.14. The fourth-order valence-corrected chi connectivity index (χ4v) is 2.44. The molecule has 2 fully saturated rings. The summed E-state index contributed by atoms with van der Waals surface area (Å²) in [5.74, 6) is 1.31. The van der Waals surface area contributed by atoms with Crippen LogP contribution in [0.2, 0.25) is 0 Å². The molecule has 0 atom stereocenters. The molecule has 1 saturated heterocycles. The Balaban J connectivity index is 1.87. The van der Waals surface area contributed by atoms with Gasteiger partial charge in [0.15, 0.2) is 0 Å². The van der Waals surface area contributed by atoms with Gasteiger partial charge in [-0.3, -0.25) is 4.79 Å². The highest BCUT2D eigenvalue weighted by Gasteiger charge is 2.35. The minimum atomic E-state index is 0.233. The number of hydrogen-bond donors (Lipinski definition) is 0. The van der Waals surface area contributed by atoms with Gasteiger partial charge >= 0.3 is 0 Å². The van der Waals surface area contributed by atoms with Gasteiger partial charge in [0.2, 0.25) is 5.91 Å². The van der Waals surface area contributed by atoms with E-state index in [4.69, 9.17) is 4.74 Å². The van der Waals surface area contributed by atoms with Crippen LogP contribution in [0.25, 0.3) is 0 Å². The highest BCUT2D eigenvalue weighted by molar-refractivity contribution is 5.79. The summed E-state index contributed by atoms with van der Waals surface area (Å²) in [6.07, 6.45) is 5.40. The Morgan fingerprint density at radius 1 is 1.24 bits per heavy atom. The summed E-state index contributed by atoms with van der Waals surface area (Å²) in [5, 5.41) is 0. The number of ether oxygens (including phenoxy) is 1. The highest BCUT2D eigenvalue weighted by Crippen LogP contribution is 2.30. The van der Waals surface area contributed by atoms with Crippen molar-refractivity contribution in [2.24, 2.45) is 11.8 Å². The van der Waals surface area contributed by atoms with E-state index in [1.807, 2.05) is 0 Å². The lowest BCUT2D eigenvalue weighted by Gasteiger charge is -2.30. The van der Waals surface area contributed by atoms with Gasteiger partial charge in [-0.05, 0) is 38.0 Å². The molecular weight excluding hydrogens is 214 g/mol. The highest BCUT2D eigenvalue weighted by atomic mass is 16.5. The Kier molecular flexibility index (Phi) is 4.43. The van der Waals surface area contributed by atoms with Crippen LogP contribution in [-0.4, -0.2) is 36.6 Å². The van der Waals surface area contributed by atoms with Gasteiger partial charge in [-0.1, -0.05) is 13.8 Å². The van der Waals surface area contributed by atoms with Crippen LogP contribution in [-0.2, 0) is 9.53 Å². The van der Waals surface area contributed by atoms with Crippen molar-refractivity contribution < 1.29 is 9.53 Å². The van der Waals surface area contributed by atoms with E-state index in [9.17, 15) is 4.79 Å². The number of nitrogens with zero attached hydrogens (tertiary/aromatic N) is 1. The van der Waals surface area contributed by atoms with E-state index in [2.05, 4.69) is 18.7 Å². The summed E-state index contributed by atoms with van der Waals surface area (Å²) in [6.45, 7) is 6.94. The summed E-state index contributed by atoms with van der Waals surface area (Å²) in [6, 6.07) is 0.559. The molecule has 0 unspecified atom stereocenters. The largest absolute Gasteiger partial charge is 0.381 e. The SMILES string of the molecule is CC(C)CCN(C(=O)C1CCOCC1)C1CC1. The zero-order valence-electron chi connectivity index (χ0n) is 11.2. The average molecular weight is 239 g/mol. The minimum absolute atomic E-state index is 0.233. The Morgan fingerprint density at radius 3 is 2.41 bits per heavy atom. The molecule has 1 saturated carbocycles. The smallest absolute Gasteiger partial charge is 0.226 e. The molecule has 3 heteroatoms. The molecule has 1 amide bonds. The maximum Gasteiger partial charge on any atom is 0.226 e. The lowest BCUT2D eigenvalue weighted by Crippen LogP contribution is -2.40. The summed E-state index contributed by atoms with van der Waals surface area (Å²) >= 11 is 0. The monoisotopic (exact) mass is 239 g/mol. The number of carbonyl (C=O) groups is 1. The van der Waals surface area contributed by atoms with Crippen LogP contribution in [0, 0.1) is 11.8 Å². The fourth-order valence-electron chi connectivity index (χ4n) is 2.44. The maximum atomic E-state index is 12.5. The molecule has 0 aromatic rings. The Morgan fingerprint density at radius 2 is 1.88 bits per heavy atom. The molecule has 0 N–H and O–H groups in total. The van der Waals surface area contributed by atoms with Gasteiger partial charge in [0.1, 0.15) is 0 Å². The van der Waals surface area contributed by atoms with Gasteiger partial charge in [0, 0.05) is 31.7 Å². The molecule has 0 radical (unpaired) electrons. The lowest BCUT2D eigenvalue weighted by molar-refractivity contribution is -0.139. The van der Waals surface area contributed by atoms with Crippen LogP contribution in [0.1, 0.15) is 46.0 Å². The molecule has 1 aliphatic carbocycles. The molecular formula is C14H25NO2. The predicted molar refractivity (Wildman–Crippen MR) is 67.7 cm³/mol. The molecule has 0 bridgehead atoms. The second-order valence-corrected chi connectivity index (χ2v) is 5.83. The van der Waals surface area contributed by atoms with Gasteiger partial charge in [-0.25, -0.2) is 0 Å². The first-order chi connectivity index (χ1) is 8.18. The lowest BCUT2D eigenvalue weighted by atomic mass is 9.98. The van der Waals surface area contributed by atoms with E-state index in [0.717, 1.165) is 39.0 Å². The van der Waals surface area contributed by atoms with Gasteiger partial charge in [0.25, 0.3) is 0 Å². The van der Waals surface area contributed by atoms with Crippen molar-refractivity contribution in [1.82, 2.24) is 4.90 Å². The predicted octanol–water partition coefficient (Wildman–Crippen LogP) is 2.45. The number of amides is 1. The summed E-state index contributed by atoms with van der Waals surface area (Å²) in [4.78, 5) is 14.6. The van der Waals surface area contributed by atoms with E-state index < -0.39 is 0 Å². The van der Waals surface area contributed by atoms with Crippen molar-refractivity contribution in [2.75, 3.05) is 19.8 Å². The van der Waals surface area contributed by atoms with E-state index >= 15 is 0 Å². The van der Waals surface area contributed by atoms with Crippen molar-refractivity contribution in [2.45, 2.75) is 52.0 Å². The summed E-state index contributed by atoms with van der Waals surface area (Å²) in [7, 11) is 0. The third-order valence-electron chi connectivity index (χ3n) is 3.79. The molecule has 0 spiro atoms.